The summed E-state index contributed by atoms with van der Waals surface area (Å²) in [5, 5.41) is 2.49. The van der Waals surface area contributed by atoms with Crippen LogP contribution >= 0.6 is 0 Å². The first-order valence-electron chi connectivity index (χ1n) is 5.27. The zero-order valence-corrected chi connectivity index (χ0v) is 10.2. The molecule has 1 rings (SSSR count). The van der Waals surface area contributed by atoms with Crippen molar-refractivity contribution >= 4 is 17.3 Å². The fraction of sp³-hybridized carbons (Fsp3) is 0.417. The van der Waals surface area contributed by atoms with Crippen LogP contribution in [0.3, 0.4) is 0 Å². The summed E-state index contributed by atoms with van der Waals surface area (Å²) in [5.41, 5.74) is 5.77. The summed E-state index contributed by atoms with van der Waals surface area (Å²) in [6.07, 6.45) is 0. The highest BCUT2D eigenvalue weighted by Gasteiger charge is 2.13. The lowest BCUT2D eigenvalue weighted by Gasteiger charge is -2.19. The molecule has 0 fully saturated rings. The molecule has 0 aliphatic carbocycles. The third-order valence-corrected chi connectivity index (χ3v) is 1.93. The highest BCUT2D eigenvalue weighted by Crippen LogP contribution is 2.19. The minimum absolute atomic E-state index is 0.0978. The molecule has 0 unspecified atom stereocenters. The predicted octanol–water partition coefficient (Wildman–Crippen LogP) is 2.16. The molecule has 0 spiro atoms. The average molecular weight is 240 g/mol. The van der Waals surface area contributed by atoms with Crippen LogP contribution in [-0.4, -0.2) is 18.1 Å². The van der Waals surface area contributed by atoms with Crippen molar-refractivity contribution in [3.63, 3.8) is 0 Å². The second-order valence-corrected chi connectivity index (χ2v) is 4.68. The fourth-order valence-electron chi connectivity index (χ4n) is 1.11. The van der Waals surface area contributed by atoms with Crippen LogP contribution in [0.1, 0.15) is 20.8 Å². The minimum atomic E-state index is -0.453. The van der Waals surface area contributed by atoms with Crippen LogP contribution in [0.25, 0.3) is 0 Å². The van der Waals surface area contributed by atoms with Gasteiger partial charge in [-0.15, -0.1) is 0 Å². The van der Waals surface area contributed by atoms with Gasteiger partial charge in [-0.25, -0.2) is 4.39 Å². The van der Waals surface area contributed by atoms with Gasteiger partial charge in [-0.3, -0.25) is 4.79 Å². The van der Waals surface area contributed by atoms with E-state index in [4.69, 9.17) is 10.5 Å². The summed E-state index contributed by atoms with van der Waals surface area (Å²) in [5.74, 6) is -0.816. The Kier molecular flexibility index (Phi) is 4.07. The molecule has 5 heteroatoms. The van der Waals surface area contributed by atoms with Crippen molar-refractivity contribution in [3.05, 3.63) is 24.0 Å². The Balaban J connectivity index is 2.59. The molecule has 3 N–H and O–H groups in total. The molecule has 0 aromatic heterocycles. The van der Waals surface area contributed by atoms with Gasteiger partial charge < -0.3 is 15.8 Å². The van der Waals surface area contributed by atoms with E-state index >= 15 is 0 Å². The standard InChI is InChI=1S/C12H17FN2O2/c1-12(2,3)17-7-11(16)15-10-6-8(13)4-5-9(10)14/h4-6H,7,14H2,1-3H3,(H,15,16). The number of amides is 1. The van der Waals surface area contributed by atoms with Crippen LogP contribution in [0.5, 0.6) is 0 Å². The summed E-state index contributed by atoms with van der Waals surface area (Å²) in [6, 6.07) is 3.80. The molecule has 0 saturated heterocycles. The maximum atomic E-state index is 12.9. The zero-order chi connectivity index (χ0) is 13.1. The Morgan fingerprint density at radius 3 is 2.71 bits per heavy atom. The van der Waals surface area contributed by atoms with E-state index in [9.17, 15) is 9.18 Å². The number of ether oxygens (including phenoxy) is 1. The van der Waals surface area contributed by atoms with E-state index in [0.717, 1.165) is 0 Å². The van der Waals surface area contributed by atoms with Crippen molar-refractivity contribution in [1.29, 1.82) is 0 Å². The van der Waals surface area contributed by atoms with Gasteiger partial charge in [-0.1, -0.05) is 0 Å². The molecule has 1 amide bonds. The van der Waals surface area contributed by atoms with E-state index in [-0.39, 0.29) is 18.2 Å². The summed E-state index contributed by atoms with van der Waals surface area (Å²) >= 11 is 0. The number of nitrogens with one attached hydrogen (secondary N) is 1. The number of hydrogen-bond acceptors (Lipinski definition) is 3. The molecule has 0 saturated carbocycles. The number of hydrogen-bond donors (Lipinski definition) is 2. The number of carbonyl (C=O) groups is 1. The number of carbonyl (C=O) groups excluding carboxylic acids is 1. The second-order valence-electron chi connectivity index (χ2n) is 4.68. The molecule has 0 heterocycles. The van der Waals surface area contributed by atoms with E-state index in [2.05, 4.69) is 5.32 Å². The maximum Gasteiger partial charge on any atom is 0.250 e. The monoisotopic (exact) mass is 240 g/mol. The van der Waals surface area contributed by atoms with Crippen molar-refractivity contribution in [3.8, 4) is 0 Å². The normalized spacial score (nSPS) is 11.3. The Morgan fingerprint density at radius 2 is 2.12 bits per heavy atom. The molecule has 0 bridgehead atoms. The largest absolute Gasteiger partial charge is 0.397 e. The molecule has 0 aliphatic rings. The average Bonchev–Trinajstić information content (AvgIpc) is 2.20. The van der Waals surface area contributed by atoms with E-state index < -0.39 is 11.4 Å². The number of halogens is 1. The van der Waals surface area contributed by atoms with E-state index in [1.54, 1.807) is 0 Å². The van der Waals surface area contributed by atoms with Crippen LogP contribution in [0.4, 0.5) is 15.8 Å². The lowest BCUT2D eigenvalue weighted by molar-refractivity contribution is -0.125. The van der Waals surface area contributed by atoms with Gasteiger partial charge in [0.25, 0.3) is 0 Å². The highest BCUT2D eigenvalue weighted by atomic mass is 19.1. The van der Waals surface area contributed by atoms with Gasteiger partial charge in [-0.05, 0) is 39.0 Å². The van der Waals surface area contributed by atoms with Crippen molar-refractivity contribution < 1.29 is 13.9 Å². The fourth-order valence-corrected chi connectivity index (χ4v) is 1.11. The molecule has 1 aromatic rings. The third-order valence-electron chi connectivity index (χ3n) is 1.93. The van der Waals surface area contributed by atoms with Crippen molar-refractivity contribution in [2.24, 2.45) is 0 Å². The van der Waals surface area contributed by atoms with E-state index in [0.29, 0.717) is 5.69 Å². The number of anilines is 2. The molecule has 0 aliphatic heterocycles. The van der Waals surface area contributed by atoms with Gasteiger partial charge in [-0.2, -0.15) is 0 Å². The van der Waals surface area contributed by atoms with Gasteiger partial charge >= 0.3 is 0 Å². The lowest BCUT2D eigenvalue weighted by atomic mass is 10.2. The van der Waals surface area contributed by atoms with Crippen molar-refractivity contribution in [1.82, 2.24) is 0 Å². The number of benzene rings is 1. The summed E-state index contributed by atoms with van der Waals surface area (Å²) in [6.45, 7) is 5.43. The number of nitrogen functional groups attached to an aromatic ring is 1. The lowest BCUT2D eigenvalue weighted by Crippen LogP contribution is -2.27. The van der Waals surface area contributed by atoms with Crippen molar-refractivity contribution in [2.75, 3.05) is 17.7 Å². The Bertz CT molecular complexity index is 413. The van der Waals surface area contributed by atoms with Crippen LogP contribution in [-0.2, 0) is 9.53 Å². The molecule has 4 nitrogen and oxygen atoms in total. The van der Waals surface area contributed by atoms with Crippen LogP contribution in [0.2, 0.25) is 0 Å². The SMILES string of the molecule is CC(C)(C)OCC(=O)Nc1cc(F)ccc1N. The van der Waals surface area contributed by atoms with Gasteiger partial charge in [0.05, 0.1) is 17.0 Å². The van der Waals surface area contributed by atoms with Crippen molar-refractivity contribution in [2.45, 2.75) is 26.4 Å². The maximum absolute atomic E-state index is 12.9. The number of rotatable bonds is 3. The van der Waals surface area contributed by atoms with Gasteiger partial charge in [0.1, 0.15) is 12.4 Å². The van der Waals surface area contributed by atoms with E-state index in [1.807, 2.05) is 20.8 Å². The summed E-state index contributed by atoms with van der Waals surface area (Å²) in [7, 11) is 0. The zero-order valence-electron chi connectivity index (χ0n) is 10.2. The summed E-state index contributed by atoms with van der Waals surface area (Å²) in [4.78, 5) is 11.5. The molecular weight excluding hydrogens is 223 g/mol. The van der Waals surface area contributed by atoms with Crippen LogP contribution < -0.4 is 11.1 Å². The first-order valence-corrected chi connectivity index (χ1v) is 5.27. The first kappa shape index (κ1) is 13.4. The molecular formula is C12H17FN2O2. The van der Waals surface area contributed by atoms with Crippen LogP contribution in [0, 0.1) is 5.82 Å². The third kappa shape index (κ3) is 4.82. The molecule has 1 aromatic carbocycles. The minimum Gasteiger partial charge on any atom is -0.397 e. The Hall–Kier alpha value is -1.62. The van der Waals surface area contributed by atoms with Crippen LogP contribution in [0.15, 0.2) is 18.2 Å². The Labute approximate surface area is 100.0 Å². The van der Waals surface area contributed by atoms with Gasteiger partial charge in [0.15, 0.2) is 0 Å². The second kappa shape index (κ2) is 5.14. The van der Waals surface area contributed by atoms with Gasteiger partial charge in [0.2, 0.25) is 5.91 Å². The molecule has 94 valence electrons. The van der Waals surface area contributed by atoms with E-state index in [1.165, 1.54) is 18.2 Å². The highest BCUT2D eigenvalue weighted by molar-refractivity contribution is 5.94. The first-order chi connectivity index (χ1) is 7.78. The number of nitrogens with two attached hydrogens (primary N) is 1. The molecule has 0 radical (unpaired) electrons. The molecule has 17 heavy (non-hydrogen) atoms. The summed E-state index contributed by atoms with van der Waals surface area (Å²) < 4.78 is 18.2. The quantitative estimate of drug-likeness (QED) is 0.796. The Morgan fingerprint density at radius 1 is 1.47 bits per heavy atom. The van der Waals surface area contributed by atoms with Gasteiger partial charge in [0, 0.05) is 0 Å². The predicted molar refractivity (Wildman–Crippen MR) is 65.1 cm³/mol. The molecule has 0 atom stereocenters. The smallest absolute Gasteiger partial charge is 0.250 e. The topological polar surface area (TPSA) is 64.3 Å².